The van der Waals surface area contributed by atoms with Gasteiger partial charge in [0.1, 0.15) is 11.5 Å². The molecule has 0 saturated heterocycles. The number of aromatic nitrogens is 1. The van der Waals surface area contributed by atoms with Gasteiger partial charge in [0.25, 0.3) is 0 Å². The third-order valence-corrected chi connectivity index (χ3v) is 5.35. The van der Waals surface area contributed by atoms with Crippen LogP contribution in [0.25, 0.3) is 16.9 Å². The van der Waals surface area contributed by atoms with Crippen molar-refractivity contribution in [2.45, 2.75) is 0 Å². The highest BCUT2D eigenvalue weighted by atomic mass is 32.1. The molecule has 0 atom stereocenters. The summed E-state index contributed by atoms with van der Waals surface area (Å²) in [5.74, 6) is 0.492. The van der Waals surface area contributed by atoms with E-state index >= 15 is 0 Å². The predicted octanol–water partition coefficient (Wildman–Crippen LogP) is 4.27. The Hall–Kier alpha value is -4.04. The molecule has 0 aliphatic heterocycles. The van der Waals surface area contributed by atoms with Crippen molar-refractivity contribution >= 4 is 17.6 Å². The Morgan fingerprint density at radius 1 is 0.935 bits per heavy atom. The summed E-state index contributed by atoms with van der Waals surface area (Å²) in [5, 5.41) is 40.5. The normalized spacial score (nSPS) is 11.8. The van der Waals surface area contributed by atoms with E-state index in [0.717, 1.165) is 5.69 Å². The molecule has 1 heterocycles. The lowest BCUT2D eigenvalue weighted by Gasteiger charge is -2.10. The van der Waals surface area contributed by atoms with Crippen LogP contribution >= 0.6 is 11.3 Å². The molecule has 156 valence electrons. The molecule has 3 aromatic carbocycles. The van der Waals surface area contributed by atoms with Gasteiger partial charge in [-0.25, -0.2) is 0 Å². The lowest BCUT2D eigenvalue weighted by atomic mass is 10.1. The van der Waals surface area contributed by atoms with Crippen LogP contribution in [0.1, 0.15) is 5.56 Å². The fourth-order valence-electron chi connectivity index (χ4n) is 3.06. The molecule has 7 nitrogen and oxygen atoms in total. The number of phenolic OH excluding ortho intramolecular Hbond substituents is 3. The Morgan fingerprint density at radius 3 is 2.48 bits per heavy atom. The van der Waals surface area contributed by atoms with Gasteiger partial charge < -0.3 is 20.1 Å². The van der Waals surface area contributed by atoms with Gasteiger partial charge in [0.05, 0.1) is 19.0 Å². The van der Waals surface area contributed by atoms with Gasteiger partial charge in [-0.1, -0.05) is 18.2 Å². The third-order valence-electron chi connectivity index (χ3n) is 4.53. The maximum atomic E-state index is 10.3. The molecular formula is C23H19N3O4S. The van der Waals surface area contributed by atoms with Crippen molar-refractivity contribution in [2.75, 3.05) is 7.11 Å². The van der Waals surface area contributed by atoms with Gasteiger partial charge in [-0.3, -0.25) is 4.57 Å². The van der Waals surface area contributed by atoms with Crippen molar-refractivity contribution in [3.63, 3.8) is 0 Å². The van der Waals surface area contributed by atoms with Crippen LogP contribution in [0, 0.1) is 0 Å². The fraction of sp³-hybridized carbons (Fsp3) is 0.0435. The number of hydrogen-bond donors (Lipinski definition) is 3. The van der Waals surface area contributed by atoms with Gasteiger partial charge in [-0.05, 0) is 54.1 Å². The number of aromatic hydroxyl groups is 3. The number of nitrogens with zero attached hydrogens (tertiary/aromatic N) is 3. The van der Waals surface area contributed by atoms with Crippen molar-refractivity contribution in [3.05, 3.63) is 82.5 Å². The number of rotatable bonds is 5. The maximum absolute atomic E-state index is 10.3. The van der Waals surface area contributed by atoms with Gasteiger partial charge in [0, 0.05) is 16.6 Å². The Balaban J connectivity index is 1.80. The lowest BCUT2D eigenvalue weighted by molar-refractivity contribution is 0.373. The molecule has 31 heavy (non-hydrogen) atoms. The SMILES string of the molecule is COc1ccc(/C=N/N=c2\scc(-c3cc(O)ccc3O)n2-c2ccccc2)cc1O. The van der Waals surface area contributed by atoms with Gasteiger partial charge in [0.15, 0.2) is 11.5 Å². The van der Waals surface area contributed by atoms with Crippen LogP contribution in [-0.2, 0) is 0 Å². The molecule has 4 aromatic rings. The Labute approximate surface area is 182 Å². The highest BCUT2D eigenvalue weighted by Gasteiger charge is 2.14. The molecule has 0 fully saturated rings. The largest absolute Gasteiger partial charge is 0.508 e. The molecular weight excluding hydrogens is 414 g/mol. The summed E-state index contributed by atoms with van der Waals surface area (Å²) < 4.78 is 6.89. The van der Waals surface area contributed by atoms with Crippen LogP contribution in [-0.4, -0.2) is 33.2 Å². The molecule has 0 aliphatic carbocycles. The lowest BCUT2D eigenvalue weighted by Crippen LogP contribution is -2.13. The van der Waals surface area contributed by atoms with Crippen LogP contribution in [0.15, 0.2) is 82.3 Å². The van der Waals surface area contributed by atoms with E-state index in [0.29, 0.717) is 27.4 Å². The topological polar surface area (TPSA) is 99.6 Å². The van der Waals surface area contributed by atoms with Crippen LogP contribution < -0.4 is 9.54 Å². The minimum absolute atomic E-state index is 0.0172. The van der Waals surface area contributed by atoms with Gasteiger partial charge in [0.2, 0.25) is 4.80 Å². The molecule has 0 radical (unpaired) electrons. The standard InChI is InChI=1S/C23H19N3O4S/c1-30-22-10-7-15(11-21(22)29)13-24-25-23-26(16-5-3-2-4-6-16)19(14-31-23)18-12-17(27)8-9-20(18)28/h2-14,27-29H,1H3/b24-13+,25-23-. The van der Waals surface area contributed by atoms with E-state index in [-0.39, 0.29) is 17.2 Å². The summed E-state index contributed by atoms with van der Waals surface area (Å²) in [6.07, 6.45) is 1.53. The van der Waals surface area contributed by atoms with Gasteiger partial charge in [-0.15, -0.1) is 16.4 Å². The third kappa shape index (κ3) is 4.29. The van der Waals surface area contributed by atoms with Crippen LogP contribution in [0.2, 0.25) is 0 Å². The van der Waals surface area contributed by atoms with Crippen LogP contribution in [0.4, 0.5) is 0 Å². The van der Waals surface area contributed by atoms with Crippen LogP contribution in [0.5, 0.6) is 23.0 Å². The summed E-state index contributed by atoms with van der Waals surface area (Å²) in [6.45, 7) is 0. The first-order chi connectivity index (χ1) is 15.1. The zero-order valence-electron chi connectivity index (χ0n) is 16.5. The number of para-hydroxylation sites is 1. The molecule has 0 unspecified atom stereocenters. The second kappa shape index (κ2) is 8.76. The number of methoxy groups -OCH3 is 1. The van der Waals surface area contributed by atoms with Gasteiger partial charge >= 0.3 is 0 Å². The number of phenols is 3. The van der Waals surface area contributed by atoms with E-state index in [1.807, 2.05) is 40.3 Å². The number of hydrogen-bond acceptors (Lipinski definition) is 7. The van der Waals surface area contributed by atoms with Crippen molar-refractivity contribution < 1.29 is 20.1 Å². The zero-order chi connectivity index (χ0) is 21.8. The molecule has 4 rings (SSSR count). The summed E-state index contributed by atoms with van der Waals surface area (Å²) in [6, 6.07) is 18.9. The number of ether oxygens (including phenoxy) is 1. The van der Waals surface area contributed by atoms with Crippen molar-refractivity contribution in [3.8, 4) is 39.9 Å². The highest BCUT2D eigenvalue weighted by Crippen LogP contribution is 2.33. The Kier molecular flexibility index (Phi) is 5.72. The zero-order valence-corrected chi connectivity index (χ0v) is 17.3. The van der Waals surface area contributed by atoms with Gasteiger partial charge in [-0.2, -0.15) is 5.10 Å². The first kappa shape index (κ1) is 20.2. The van der Waals surface area contributed by atoms with E-state index in [2.05, 4.69) is 10.2 Å². The average Bonchev–Trinajstić information content (AvgIpc) is 3.20. The first-order valence-electron chi connectivity index (χ1n) is 9.29. The molecule has 0 saturated carbocycles. The number of thiazole rings is 1. The fourth-order valence-corrected chi connectivity index (χ4v) is 3.91. The molecule has 0 aliphatic rings. The van der Waals surface area contributed by atoms with Crippen molar-refractivity contribution in [2.24, 2.45) is 10.2 Å². The second-order valence-corrected chi connectivity index (χ2v) is 7.39. The van der Waals surface area contributed by atoms with Crippen molar-refractivity contribution in [1.82, 2.24) is 4.57 Å². The van der Waals surface area contributed by atoms with Crippen molar-refractivity contribution in [1.29, 1.82) is 0 Å². The summed E-state index contributed by atoms with van der Waals surface area (Å²) >= 11 is 1.35. The minimum Gasteiger partial charge on any atom is -0.508 e. The first-order valence-corrected chi connectivity index (χ1v) is 10.2. The molecule has 1 aromatic heterocycles. The molecule has 3 N–H and O–H groups in total. The monoisotopic (exact) mass is 433 g/mol. The maximum Gasteiger partial charge on any atom is 0.215 e. The molecule has 0 amide bonds. The molecule has 0 spiro atoms. The summed E-state index contributed by atoms with van der Waals surface area (Å²) in [5.41, 5.74) is 2.64. The summed E-state index contributed by atoms with van der Waals surface area (Å²) in [4.78, 5) is 0.568. The van der Waals surface area contributed by atoms with E-state index in [9.17, 15) is 15.3 Å². The van der Waals surface area contributed by atoms with E-state index in [1.54, 1.807) is 12.1 Å². The average molecular weight is 433 g/mol. The van der Waals surface area contributed by atoms with E-state index < -0.39 is 0 Å². The molecule has 0 bridgehead atoms. The highest BCUT2D eigenvalue weighted by molar-refractivity contribution is 7.07. The Bertz CT molecular complexity index is 1310. The predicted molar refractivity (Wildman–Crippen MR) is 120 cm³/mol. The quantitative estimate of drug-likeness (QED) is 0.249. The minimum atomic E-state index is 0.0172. The van der Waals surface area contributed by atoms with Crippen LogP contribution in [0.3, 0.4) is 0 Å². The smallest absolute Gasteiger partial charge is 0.215 e. The number of benzene rings is 3. The second-order valence-electron chi connectivity index (χ2n) is 6.55. The molecule has 8 heteroatoms. The van der Waals surface area contributed by atoms with E-state index in [4.69, 9.17) is 4.74 Å². The Morgan fingerprint density at radius 2 is 1.74 bits per heavy atom. The summed E-state index contributed by atoms with van der Waals surface area (Å²) in [7, 11) is 1.49. The van der Waals surface area contributed by atoms with E-state index in [1.165, 1.54) is 48.9 Å².